The summed E-state index contributed by atoms with van der Waals surface area (Å²) in [5, 5.41) is 7.55. The molecule has 1 fully saturated rings. The van der Waals surface area contributed by atoms with Gasteiger partial charge in [-0.25, -0.2) is 9.97 Å². The molecule has 0 aliphatic carbocycles. The first kappa shape index (κ1) is 24.8. The average Bonchev–Trinajstić information content (AvgIpc) is 3.28. The number of carbonyl (C=O) groups is 2. The number of aromatic nitrogens is 3. The number of hydrogen-bond donors (Lipinski definition) is 3. The van der Waals surface area contributed by atoms with Gasteiger partial charge in [0.25, 0.3) is 5.91 Å². The Balaban J connectivity index is 1.42. The lowest BCUT2D eigenvalue weighted by atomic mass is 9.99. The van der Waals surface area contributed by atoms with E-state index in [0.717, 1.165) is 6.07 Å². The summed E-state index contributed by atoms with van der Waals surface area (Å²) in [5.74, 6) is -0.547. The minimum atomic E-state index is -4.65. The first-order valence-electron chi connectivity index (χ1n) is 11.5. The highest BCUT2D eigenvalue weighted by Gasteiger charge is 2.35. The number of fused-ring (bicyclic) bond motifs is 2. The van der Waals surface area contributed by atoms with Crippen molar-refractivity contribution in [3.63, 3.8) is 0 Å². The van der Waals surface area contributed by atoms with Gasteiger partial charge >= 0.3 is 6.18 Å². The van der Waals surface area contributed by atoms with E-state index in [9.17, 15) is 22.8 Å². The molecule has 37 heavy (non-hydrogen) atoms. The monoisotopic (exact) mass is 530 g/mol. The van der Waals surface area contributed by atoms with Gasteiger partial charge in [0, 0.05) is 66.0 Å². The van der Waals surface area contributed by atoms with Crippen molar-refractivity contribution < 1.29 is 22.8 Å². The summed E-state index contributed by atoms with van der Waals surface area (Å²) in [4.78, 5) is 37.8. The molecule has 3 aromatic heterocycles. The Kier molecular flexibility index (Phi) is 6.40. The lowest BCUT2D eigenvalue weighted by molar-refractivity contribution is -0.140. The van der Waals surface area contributed by atoms with Gasteiger partial charge in [-0.3, -0.25) is 9.59 Å². The number of likely N-dealkylation sites (tertiary alicyclic amines) is 1. The number of alkyl halides is 3. The summed E-state index contributed by atoms with van der Waals surface area (Å²) in [7, 11) is 0. The number of hydrogen-bond acceptors (Lipinski definition) is 5. The zero-order chi connectivity index (χ0) is 26.3. The third-order valence-electron chi connectivity index (χ3n) is 6.35. The van der Waals surface area contributed by atoms with E-state index in [1.165, 1.54) is 19.1 Å². The van der Waals surface area contributed by atoms with Gasteiger partial charge in [-0.1, -0.05) is 11.6 Å². The Morgan fingerprint density at radius 2 is 1.92 bits per heavy atom. The number of nitrogens with zero attached hydrogens (tertiary/aromatic N) is 3. The molecule has 1 saturated heterocycles. The molecule has 2 amide bonds. The van der Waals surface area contributed by atoms with Crippen molar-refractivity contribution >= 4 is 51.0 Å². The van der Waals surface area contributed by atoms with Crippen LogP contribution in [0, 0.1) is 0 Å². The van der Waals surface area contributed by atoms with Gasteiger partial charge < -0.3 is 20.5 Å². The van der Waals surface area contributed by atoms with E-state index in [2.05, 4.69) is 25.6 Å². The molecule has 0 spiro atoms. The number of nitrogens with one attached hydrogen (secondary N) is 3. The standard InChI is InChI=1S/C25H22ClF3N6O2/c1-13(36)35-11-15(8-16(12-35)33-24(37)19-10-31-23-17(19)3-2-6-30-23)32-21-9-22(25(27,28)29)34-20-5-4-14(26)7-18(20)21/h2-7,9-10,15-16H,8,11-12H2,1H3,(H,30,31)(H,32,34)(H,33,37)/t15-,16+/m1/s1. The molecule has 0 saturated carbocycles. The van der Waals surface area contributed by atoms with Crippen LogP contribution in [0.15, 0.2) is 48.8 Å². The summed E-state index contributed by atoms with van der Waals surface area (Å²) < 4.78 is 40.6. The van der Waals surface area contributed by atoms with Crippen LogP contribution < -0.4 is 10.6 Å². The number of amides is 2. The van der Waals surface area contributed by atoms with Crippen LogP contribution in [-0.4, -0.2) is 56.8 Å². The zero-order valence-corrected chi connectivity index (χ0v) is 20.3. The van der Waals surface area contributed by atoms with Crippen LogP contribution >= 0.6 is 11.6 Å². The SMILES string of the molecule is CC(=O)N1C[C@@H](NC(=O)c2c[nH]c3ncccc23)C[C@@H](Nc2cc(C(F)(F)F)nc3ccc(Cl)cc23)C1. The molecular weight excluding hydrogens is 509 g/mol. The molecule has 3 N–H and O–H groups in total. The summed E-state index contributed by atoms with van der Waals surface area (Å²) in [6.07, 6.45) is -1.09. The lowest BCUT2D eigenvalue weighted by Crippen LogP contribution is -2.55. The van der Waals surface area contributed by atoms with Crippen LogP contribution in [-0.2, 0) is 11.0 Å². The lowest BCUT2D eigenvalue weighted by Gasteiger charge is -2.38. The van der Waals surface area contributed by atoms with Crippen LogP contribution in [0.3, 0.4) is 0 Å². The quantitative estimate of drug-likeness (QED) is 0.357. The van der Waals surface area contributed by atoms with Gasteiger partial charge in [-0.15, -0.1) is 0 Å². The third-order valence-corrected chi connectivity index (χ3v) is 6.58. The van der Waals surface area contributed by atoms with Crippen LogP contribution in [0.4, 0.5) is 18.9 Å². The molecule has 1 aliphatic rings. The van der Waals surface area contributed by atoms with E-state index in [4.69, 9.17) is 11.6 Å². The number of carbonyl (C=O) groups excluding carboxylic acids is 2. The van der Waals surface area contributed by atoms with Crippen molar-refractivity contribution in [3.8, 4) is 0 Å². The van der Waals surface area contributed by atoms with E-state index in [0.29, 0.717) is 33.4 Å². The van der Waals surface area contributed by atoms with Crippen molar-refractivity contribution in [1.29, 1.82) is 0 Å². The van der Waals surface area contributed by atoms with E-state index >= 15 is 0 Å². The fraction of sp³-hybridized carbons (Fsp3) is 0.280. The molecule has 1 aliphatic heterocycles. The van der Waals surface area contributed by atoms with E-state index in [1.54, 1.807) is 35.5 Å². The topological polar surface area (TPSA) is 103 Å². The maximum atomic E-state index is 13.5. The van der Waals surface area contributed by atoms with Crippen molar-refractivity contribution in [1.82, 2.24) is 25.2 Å². The summed E-state index contributed by atoms with van der Waals surface area (Å²) in [5.41, 5.74) is 0.283. The van der Waals surface area contributed by atoms with Crippen LogP contribution in [0.1, 0.15) is 29.4 Å². The fourth-order valence-electron chi connectivity index (χ4n) is 4.65. The van der Waals surface area contributed by atoms with Crippen molar-refractivity contribution in [2.75, 3.05) is 18.4 Å². The second-order valence-corrected chi connectivity index (χ2v) is 9.42. The van der Waals surface area contributed by atoms with Crippen LogP contribution in [0.25, 0.3) is 21.9 Å². The maximum Gasteiger partial charge on any atom is 0.433 e. The summed E-state index contributed by atoms with van der Waals surface area (Å²) in [6.45, 7) is 1.94. The molecule has 0 radical (unpaired) electrons. The summed E-state index contributed by atoms with van der Waals surface area (Å²) in [6, 6.07) is 8.01. The first-order valence-corrected chi connectivity index (χ1v) is 11.9. The molecule has 12 heteroatoms. The Morgan fingerprint density at radius 1 is 1.14 bits per heavy atom. The predicted octanol–water partition coefficient (Wildman–Crippen LogP) is 4.61. The number of rotatable bonds is 4. The van der Waals surface area contributed by atoms with Gasteiger partial charge in [-0.2, -0.15) is 13.2 Å². The molecule has 2 atom stereocenters. The second-order valence-electron chi connectivity index (χ2n) is 8.99. The van der Waals surface area contributed by atoms with Gasteiger partial charge in [0.2, 0.25) is 5.91 Å². The Hall–Kier alpha value is -3.86. The Bertz CT molecular complexity index is 1510. The molecule has 192 valence electrons. The first-order chi connectivity index (χ1) is 17.6. The van der Waals surface area contributed by atoms with Gasteiger partial charge in [0.1, 0.15) is 11.3 Å². The molecule has 0 bridgehead atoms. The highest BCUT2D eigenvalue weighted by Crippen LogP contribution is 2.35. The number of benzene rings is 1. The number of halogens is 4. The van der Waals surface area contributed by atoms with Gasteiger partial charge in [0.15, 0.2) is 0 Å². The minimum absolute atomic E-state index is 0.138. The number of anilines is 1. The van der Waals surface area contributed by atoms with E-state index in [1.807, 2.05) is 0 Å². The Labute approximate surface area is 214 Å². The largest absolute Gasteiger partial charge is 0.433 e. The number of aromatic amines is 1. The van der Waals surface area contributed by atoms with E-state index in [-0.39, 0.29) is 36.1 Å². The van der Waals surface area contributed by atoms with Gasteiger partial charge in [0.05, 0.1) is 11.1 Å². The highest BCUT2D eigenvalue weighted by molar-refractivity contribution is 6.31. The summed E-state index contributed by atoms with van der Waals surface area (Å²) >= 11 is 6.11. The number of piperidine rings is 1. The molecule has 8 nitrogen and oxygen atoms in total. The molecule has 4 aromatic rings. The number of pyridine rings is 2. The van der Waals surface area contributed by atoms with Crippen molar-refractivity contribution in [2.45, 2.75) is 31.6 Å². The second kappa shape index (κ2) is 9.55. The minimum Gasteiger partial charge on any atom is -0.380 e. The third kappa shape index (κ3) is 5.17. The Morgan fingerprint density at radius 3 is 2.68 bits per heavy atom. The molecular formula is C25H22ClF3N6O2. The van der Waals surface area contributed by atoms with E-state index < -0.39 is 24.0 Å². The maximum absolute atomic E-state index is 13.5. The van der Waals surface area contributed by atoms with Crippen molar-refractivity contribution in [2.24, 2.45) is 0 Å². The van der Waals surface area contributed by atoms with Gasteiger partial charge in [-0.05, 0) is 42.8 Å². The van der Waals surface area contributed by atoms with Crippen LogP contribution in [0.5, 0.6) is 0 Å². The zero-order valence-electron chi connectivity index (χ0n) is 19.6. The molecule has 0 unspecified atom stereocenters. The smallest absolute Gasteiger partial charge is 0.380 e. The number of H-pyrrole nitrogens is 1. The fourth-order valence-corrected chi connectivity index (χ4v) is 4.83. The van der Waals surface area contributed by atoms with Crippen molar-refractivity contribution in [3.05, 3.63) is 65.1 Å². The molecule has 4 heterocycles. The highest BCUT2D eigenvalue weighted by atomic mass is 35.5. The normalized spacial score (nSPS) is 18.2. The van der Waals surface area contributed by atoms with Crippen LogP contribution in [0.2, 0.25) is 5.02 Å². The molecule has 1 aromatic carbocycles. The predicted molar refractivity (Wildman–Crippen MR) is 133 cm³/mol. The average molecular weight is 531 g/mol. The molecule has 5 rings (SSSR count).